The van der Waals surface area contributed by atoms with Crippen LogP contribution in [-0.2, 0) is 6.18 Å². The molecule has 1 atom stereocenters. The summed E-state index contributed by atoms with van der Waals surface area (Å²) in [7, 11) is 0. The molecule has 1 amide bonds. The van der Waals surface area contributed by atoms with Gasteiger partial charge in [-0.15, -0.1) is 0 Å². The topological polar surface area (TPSA) is 89.7 Å². The summed E-state index contributed by atoms with van der Waals surface area (Å²) in [6, 6.07) is 5.40. The number of nitrogens with zero attached hydrogens (tertiary/aromatic N) is 5. The normalized spacial score (nSPS) is 16.9. The van der Waals surface area contributed by atoms with Crippen molar-refractivity contribution in [3.63, 3.8) is 0 Å². The second kappa shape index (κ2) is 7.75. The summed E-state index contributed by atoms with van der Waals surface area (Å²) >= 11 is 0. The molecule has 1 fully saturated rings. The van der Waals surface area contributed by atoms with E-state index in [1.54, 1.807) is 11.0 Å². The molecule has 5 heterocycles. The average molecular weight is 459 g/mol. The Balaban J connectivity index is 1.58. The molecule has 0 radical (unpaired) electrons. The lowest BCUT2D eigenvalue weighted by Crippen LogP contribution is -2.30. The Morgan fingerprint density at radius 3 is 2.76 bits per heavy atom. The number of carbonyl (C=O) groups excluding carboxylic acids is 1. The zero-order valence-electron chi connectivity index (χ0n) is 17.8. The summed E-state index contributed by atoms with van der Waals surface area (Å²) in [5, 5.41) is 7.97. The van der Waals surface area contributed by atoms with Gasteiger partial charge in [-0.05, 0) is 31.0 Å². The number of furan rings is 1. The number of hydrogen-bond acceptors (Lipinski definition) is 6. The monoisotopic (exact) mass is 459 g/mol. The third kappa shape index (κ3) is 3.66. The van der Waals surface area contributed by atoms with E-state index in [4.69, 9.17) is 8.94 Å². The van der Waals surface area contributed by atoms with E-state index in [0.29, 0.717) is 28.9 Å². The van der Waals surface area contributed by atoms with Crippen molar-refractivity contribution in [2.24, 2.45) is 0 Å². The van der Waals surface area contributed by atoms with Crippen molar-refractivity contribution < 1.29 is 26.9 Å². The van der Waals surface area contributed by atoms with Crippen LogP contribution in [0.4, 0.5) is 13.2 Å². The van der Waals surface area contributed by atoms with E-state index in [1.165, 1.54) is 12.3 Å². The molecule has 11 heteroatoms. The summed E-state index contributed by atoms with van der Waals surface area (Å²) in [6.45, 7) is 4.39. The smallest absolute Gasteiger partial charge is 0.433 e. The van der Waals surface area contributed by atoms with Crippen molar-refractivity contribution in [1.29, 1.82) is 0 Å². The number of fused-ring (bicyclic) bond motifs is 1. The van der Waals surface area contributed by atoms with E-state index >= 15 is 0 Å². The van der Waals surface area contributed by atoms with Crippen LogP contribution in [0.3, 0.4) is 0 Å². The Bertz CT molecular complexity index is 1310. The Hall–Kier alpha value is -3.63. The van der Waals surface area contributed by atoms with Crippen LogP contribution in [-0.4, -0.2) is 37.1 Å². The SMILES string of the molecule is CC(C)c1cc(C2CCCN2C(=O)c2cnn3c(C(F)(F)F)cc(-c4ccco4)nc23)no1. The van der Waals surface area contributed by atoms with Crippen molar-refractivity contribution in [1.82, 2.24) is 24.7 Å². The van der Waals surface area contributed by atoms with Crippen LogP contribution in [0.25, 0.3) is 17.1 Å². The number of hydrogen-bond donors (Lipinski definition) is 0. The third-order valence-corrected chi connectivity index (χ3v) is 5.74. The lowest BCUT2D eigenvalue weighted by atomic mass is 10.1. The van der Waals surface area contributed by atoms with E-state index in [2.05, 4.69) is 15.2 Å². The molecule has 0 aromatic carbocycles. The molecule has 1 saturated heterocycles. The number of aromatic nitrogens is 4. The first-order valence-corrected chi connectivity index (χ1v) is 10.5. The van der Waals surface area contributed by atoms with Crippen LogP contribution in [0.1, 0.15) is 66.2 Å². The van der Waals surface area contributed by atoms with E-state index in [0.717, 1.165) is 18.7 Å². The van der Waals surface area contributed by atoms with Crippen molar-refractivity contribution >= 4 is 11.6 Å². The number of amides is 1. The molecule has 0 N–H and O–H groups in total. The van der Waals surface area contributed by atoms with Gasteiger partial charge < -0.3 is 13.8 Å². The second-order valence-electron chi connectivity index (χ2n) is 8.26. The fourth-order valence-corrected chi connectivity index (χ4v) is 4.07. The van der Waals surface area contributed by atoms with Gasteiger partial charge >= 0.3 is 6.18 Å². The molecule has 33 heavy (non-hydrogen) atoms. The molecule has 4 aromatic rings. The number of likely N-dealkylation sites (tertiary alicyclic amines) is 1. The van der Waals surface area contributed by atoms with Crippen LogP contribution in [0.2, 0.25) is 0 Å². The minimum Gasteiger partial charge on any atom is -0.463 e. The molecule has 0 spiro atoms. The fourth-order valence-electron chi connectivity index (χ4n) is 4.07. The van der Waals surface area contributed by atoms with Gasteiger partial charge in [-0.1, -0.05) is 19.0 Å². The highest BCUT2D eigenvalue weighted by atomic mass is 19.4. The first kappa shape index (κ1) is 21.2. The van der Waals surface area contributed by atoms with Crippen LogP contribution < -0.4 is 0 Å². The Kier molecular flexibility index (Phi) is 4.98. The maximum atomic E-state index is 13.8. The Labute approximate surface area is 186 Å². The molecular weight excluding hydrogens is 439 g/mol. The molecule has 0 aliphatic carbocycles. The van der Waals surface area contributed by atoms with Gasteiger partial charge in [0.05, 0.1) is 18.5 Å². The van der Waals surface area contributed by atoms with Gasteiger partial charge in [-0.3, -0.25) is 4.79 Å². The van der Waals surface area contributed by atoms with Crippen molar-refractivity contribution in [2.75, 3.05) is 6.54 Å². The zero-order chi connectivity index (χ0) is 23.3. The molecule has 1 unspecified atom stereocenters. The summed E-state index contributed by atoms with van der Waals surface area (Å²) in [6.07, 6.45) is -0.829. The lowest BCUT2D eigenvalue weighted by molar-refractivity contribution is -0.142. The third-order valence-electron chi connectivity index (χ3n) is 5.74. The summed E-state index contributed by atoms with van der Waals surface area (Å²) < 4.78 is 52.6. The number of rotatable bonds is 4. The van der Waals surface area contributed by atoms with Gasteiger partial charge in [0.25, 0.3) is 5.91 Å². The van der Waals surface area contributed by atoms with Gasteiger partial charge in [0.2, 0.25) is 0 Å². The van der Waals surface area contributed by atoms with Crippen LogP contribution in [0, 0.1) is 0 Å². The minimum absolute atomic E-state index is 0.0200. The number of carbonyl (C=O) groups is 1. The highest BCUT2D eigenvalue weighted by Gasteiger charge is 2.38. The molecule has 4 aromatic heterocycles. The first-order chi connectivity index (χ1) is 15.7. The van der Waals surface area contributed by atoms with E-state index in [1.807, 2.05) is 19.9 Å². The standard InChI is InChI=1S/C22H20F3N5O3/c1-12(2)18-9-14(28-33-18)16-5-3-7-29(16)21(31)13-11-26-30-19(22(23,24)25)10-15(27-20(13)30)17-6-4-8-32-17/h4,6,8-12,16H,3,5,7H2,1-2H3. The van der Waals surface area contributed by atoms with Gasteiger partial charge in [0.15, 0.2) is 17.1 Å². The molecule has 172 valence electrons. The molecule has 8 nitrogen and oxygen atoms in total. The van der Waals surface area contributed by atoms with Crippen LogP contribution in [0.5, 0.6) is 0 Å². The Morgan fingerprint density at radius 1 is 1.27 bits per heavy atom. The summed E-state index contributed by atoms with van der Waals surface area (Å²) in [4.78, 5) is 19.4. The van der Waals surface area contributed by atoms with Crippen molar-refractivity contribution in [3.8, 4) is 11.5 Å². The highest BCUT2D eigenvalue weighted by Crippen LogP contribution is 2.36. The molecule has 0 bridgehead atoms. The van der Waals surface area contributed by atoms with Gasteiger partial charge in [0, 0.05) is 18.5 Å². The van der Waals surface area contributed by atoms with Crippen LogP contribution in [0.15, 0.2) is 45.7 Å². The molecule has 0 saturated carbocycles. The molecular formula is C22H20F3N5O3. The number of halogens is 3. The molecule has 1 aliphatic rings. The largest absolute Gasteiger partial charge is 0.463 e. The van der Waals surface area contributed by atoms with Crippen LogP contribution >= 0.6 is 0 Å². The van der Waals surface area contributed by atoms with Gasteiger partial charge in [-0.25, -0.2) is 9.50 Å². The summed E-state index contributed by atoms with van der Waals surface area (Å²) in [5.41, 5.74) is -0.663. The van der Waals surface area contributed by atoms with Crippen molar-refractivity contribution in [3.05, 3.63) is 59.4 Å². The molecule has 5 rings (SSSR count). The maximum Gasteiger partial charge on any atom is 0.433 e. The van der Waals surface area contributed by atoms with Gasteiger partial charge in [-0.2, -0.15) is 18.3 Å². The lowest BCUT2D eigenvalue weighted by Gasteiger charge is -2.22. The highest BCUT2D eigenvalue weighted by molar-refractivity contribution is 6.00. The maximum absolute atomic E-state index is 13.8. The fraction of sp³-hybridized carbons (Fsp3) is 0.364. The number of alkyl halides is 3. The summed E-state index contributed by atoms with van der Waals surface area (Å²) in [5.74, 6) is 0.547. The Morgan fingerprint density at radius 2 is 2.09 bits per heavy atom. The minimum atomic E-state index is -4.71. The van der Waals surface area contributed by atoms with E-state index in [9.17, 15) is 18.0 Å². The molecule has 1 aliphatic heterocycles. The zero-order valence-corrected chi connectivity index (χ0v) is 17.8. The first-order valence-electron chi connectivity index (χ1n) is 10.5. The second-order valence-corrected chi connectivity index (χ2v) is 8.26. The van der Waals surface area contributed by atoms with E-state index < -0.39 is 17.8 Å². The van der Waals surface area contributed by atoms with Crippen molar-refractivity contribution in [2.45, 2.75) is 44.8 Å². The van der Waals surface area contributed by atoms with E-state index in [-0.39, 0.29) is 34.6 Å². The quantitative estimate of drug-likeness (QED) is 0.422. The average Bonchev–Trinajstić information content (AvgIpc) is 3.57. The predicted molar refractivity (Wildman–Crippen MR) is 109 cm³/mol. The van der Waals surface area contributed by atoms with Gasteiger partial charge in [0.1, 0.15) is 22.7 Å². The predicted octanol–water partition coefficient (Wildman–Crippen LogP) is 5.10.